The van der Waals surface area contributed by atoms with Crippen molar-refractivity contribution in [2.24, 2.45) is 5.92 Å². The standard InChI is InChI=1S/C22H33N5O3/c1-7-16-10-8-12-25(16)20(28)19(15(2)3)27-14-17(23-24-27)18-11-9-13-26(18)21(29)30-22(4,5)6/h1,14-16,18-19H,8-13H2,2-6H3/t16-,18+,19+/m1/s1. The number of terminal acetylenes is 1. The minimum absolute atomic E-state index is 0.0164. The number of hydrogen-bond donors (Lipinski definition) is 0. The van der Waals surface area contributed by atoms with Crippen molar-refractivity contribution in [1.29, 1.82) is 0 Å². The molecule has 1 aromatic heterocycles. The number of amides is 2. The predicted octanol–water partition coefficient (Wildman–Crippen LogP) is 3.17. The van der Waals surface area contributed by atoms with Crippen molar-refractivity contribution in [2.45, 2.75) is 84.0 Å². The highest BCUT2D eigenvalue weighted by molar-refractivity contribution is 5.81. The lowest BCUT2D eigenvalue weighted by molar-refractivity contribution is -0.136. The van der Waals surface area contributed by atoms with Gasteiger partial charge in [-0.25, -0.2) is 9.48 Å². The SMILES string of the molecule is C#C[C@@H]1CCCN1C(=O)[C@H](C(C)C)n1cc([C@@H]2CCCN2C(=O)OC(C)(C)C)nn1. The maximum atomic E-state index is 13.3. The number of likely N-dealkylation sites (tertiary alicyclic amines) is 2. The molecule has 2 aliphatic heterocycles. The summed E-state index contributed by atoms with van der Waals surface area (Å²) in [5.41, 5.74) is 0.132. The summed E-state index contributed by atoms with van der Waals surface area (Å²) in [7, 11) is 0. The van der Waals surface area contributed by atoms with Gasteiger partial charge in [-0.05, 0) is 52.4 Å². The zero-order valence-electron chi connectivity index (χ0n) is 18.7. The number of nitrogens with zero attached hydrogens (tertiary/aromatic N) is 5. The summed E-state index contributed by atoms with van der Waals surface area (Å²) in [5, 5.41) is 8.61. The van der Waals surface area contributed by atoms with Crippen LogP contribution in [0, 0.1) is 18.3 Å². The number of ether oxygens (including phenoxy) is 1. The Morgan fingerprint density at radius 2 is 1.87 bits per heavy atom. The first kappa shape index (κ1) is 22.1. The molecule has 2 saturated heterocycles. The van der Waals surface area contributed by atoms with Crippen molar-refractivity contribution in [1.82, 2.24) is 24.8 Å². The highest BCUT2D eigenvalue weighted by atomic mass is 16.6. The van der Waals surface area contributed by atoms with Crippen LogP contribution in [0.25, 0.3) is 0 Å². The number of rotatable bonds is 4. The van der Waals surface area contributed by atoms with Crippen LogP contribution in [-0.4, -0.2) is 61.5 Å². The molecule has 164 valence electrons. The molecular formula is C22H33N5O3. The van der Waals surface area contributed by atoms with Crippen LogP contribution in [0.5, 0.6) is 0 Å². The van der Waals surface area contributed by atoms with E-state index in [9.17, 15) is 9.59 Å². The first-order chi connectivity index (χ1) is 14.1. The van der Waals surface area contributed by atoms with Crippen LogP contribution in [0.15, 0.2) is 6.20 Å². The Labute approximate surface area is 178 Å². The van der Waals surface area contributed by atoms with Gasteiger partial charge < -0.3 is 9.64 Å². The number of aromatic nitrogens is 3. The van der Waals surface area contributed by atoms with Crippen molar-refractivity contribution in [2.75, 3.05) is 13.1 Å². The molecule has 3 heterocycles. The van der Waals surface area contributed by atoms with E-state index in [4.69, 9.17) is 11.2 Å². The number of carbonyl (C=O) groups is 2. The van der Waals surface area contributed by atoms with E-state index in [-0.39, 0.29) is 30.0 Å². The zero-order chi connectivity index (χ0) is 22.1. The average Bonchev–Trinajstić information content (AvgIpc) is 3.39. The summed E-state index contributed by atoms with van der Waals surface area (Å²) in [4.78, 5) is 29.4. The van der Waals surface area contributed by atoms with Gasteiger partial charge >= 0.3 is 6.09 Å². The van der Waals surface area contributed by atoms with E-state index in [0.29, 0.717) is 18.8 Å². The van der Waals surface area contributed by atoms with Crippen molar-refractivity contribution in [3.8, 4) is 12.3 Å². The van der Waals surface area contributed by atoms with Crippen molar-refractivity contribution in [3.63, 3.8) is 0 Å². The molecule has 2 fully saturated rings. The van der Waals surface area contributed by atoms with E-state index < -0.39 is 11.6 Å². The highest BCUT2D eigenvalue weighted by Crippen LogP contribution is 2.33. The van der Waals surface area contributed by atoms with Crippen LogP contribution in [0.1, 0.15) is 78.1 Å². The van der Waals surface area contributed by atoms with Gasteiger partial charge in [-0.1, -0.05) is 25.0 Å². The first-order valence-corrected chi connectivity index (χ1v) is 10.8. The van der Waals surface area contributed by atoms with Gasteiger partial charge in [0.15, 0.2) is 0 Å². The summed E-state index contributed by atoms with van der Waals surface area (Å²) in [6.07, 6.45) is 10.5. The largest absolute Gasteiger partial charge is 0.444 e. The smallest absolute Gasteiger partial charge is 0.410 e. The van der Waals surface area contributed by atoms with Gasteiger partial charge in [0, 0.05) is 13.1 Å². The van der Waals surface area contributed by atoms with Gasteiger partial charge in [-0.15, -0.1) is 11.5 Å². The second-order valence-electron chi connectivity index (χ2n) is 9.50. The molecule has 8 nitrogen and oxygen atoms in total. The second kappa shape index (κ2) is 8.66. The minimum Gasteiger partial charge on any atom is -0.444 e. The van der Waals surface area contributed by atoms with E-state index in [1.54, 1.807) is 20.7 Å². The van der Waals surface area contributed by atoms with Crippen molar-refractivity contribution < 1.29 is 14.3 Å². The maximum absolute atomic E-state index is 13.3. The number of hydrogen-bond acceptors (Lipinski definition) is 5. The molecule has 8 heteroatoms. The molecule has 0 unspecified atom stereocenters. The molecule has 0 bridgehead atoms. The number of carbonyl (C=O) groups excluding carboxylic acids is 2. The summed E-state index contributed by atoms with van der Waals surface area (Å²) >= 11 is 0. The molecule has 0 spiro atoms. The van der Waals surface area contributed by atoms with E-state index in [2.05, 4.69) is 16.2 Å². The fourth-order valence-corrected chi connectivity index (χ4v) is 4.27. The Hall–Kier alpha value is -2.56. The highest BCUT2D eigenvalue weighted by Gasteiger charge is 2.38. The van der Waals surface area contributed by atoms with Crippen molar-refractivity contribution in [3.05, 3.63) is 11.9 Å². The third-order valence-corrected chi connectivity index (χ3v) is 5.65. The third-order valence-electron chi connectivity index (χ3n) is 5.65. The average molecular weight is 416 g/mol. The molecule has 30 heavy (non-hydrogen) atoms. The Kier molecular flexibility index (Phi) is 6.39. The van der Waals surface area contributed by atoms with Crippen LogP contribution >= 0.6 is 0 Å². The van der Waals surface area contributed by atoms with Gasteiger partial charge in [0.05, 0.1) is 18.3 Å². The molecule has 2 amide bonds. The van der Waals surface area contributed by atoms with Gasteiger partial charge in [0.1, 0.15) is 17.3 Å². The van der Waals surface area contributed by atoms with E-state index in [1.807, 2.05) is 34.6 Å². The van der Waals surface area contributed by atoms with E-state index >= 15 is 0 Å². The Balaban J connectivity index is 1.80. The first-order valence-electron chi connectivity index (χ1n) is 10.8. The topological polar surface area (TPSA) is 80.6 Å². The monoisotopic (exact) mass is 415 g/mol. The lowest BCUT2D eigenvalue weighted by Gasteiger charge is -2.28. The van der Waals surface area contributed by atoms with Crippen LogP contribution < -0.4 is 0 Å². The van der Waals surface area contributed by atoms with E-state index in [1.165, 1.54) is 0 Å². The molecule has 1 aromatic rings. The molecule has 2 aliphatic rings. The molecule has 0 radical (unpaired) electrons. The molecule has 0 aromatic carbocycles. The summed E-state index contributed by atoms with van der Waals surface area (Å²) in [6, 6.07) is -0.822. The summed E-state index contributed by atoms with van der Waals surface area (Å²) in [6.45, 7) is 10.8. The quantitative estimate of drug-likeness (QED) is 0.706. The molecular weight excluding hydrogens is 382 g/mol. The normalized spacial score (nSPS) is 23.0. The van der Waals surface area contributed by atoms with Gasteiger partial charge in [0.2, 0.25) is 5.91 Å². The fraction of sp³-hybridized carbons (Fsp3) is 0.727. The molecule has 3 atom stereocenters. The molecule has 3 rings (SSSR count). The minimum atomic E-state index is -0.555. The zero-order valence-corrected chi connectivity index (χ0v) is 18.7. The van der Waals surface area contributed by atoms with Crippen LogP contribution in [0.2, 0.25) is 0 Å². The lowest BCUT2D eigenvalue weighted by Crippen LogP contribution is -2.42. The molecule has 0 saturated carbocycles. The van der Waals surface area contributed by atoms with Gasteiger partial charge in [-0.2, -0.15) is 0 Å². The van der Waals surface area contributed by atoms with Crippen LogP contribution in [-0.2, 0) is 9.53 Å². The molecule has 0 N–H and O–H groups in total. The molecule has 0 aliphatic carbocycles. The third kappa shape index (κ3) is 4.61. The van der Waals surface area contributed by atoms with Crippen LogP contribution in [0.4, 0.5) is 4.79 Å². The summed E-state index contributed by atoms with van der Waals surface area (Å²) in [5.74, 6) is 2.74. The van der Waals surface area contributed by atoms with Crippen molar-refractivity contribution >= 4 is 12.0 Å². The van der Waals surface area contributed by atoms with Gasteiger partial charge in [0.25, 0.3) is 0 Å². The maximum Gasteiger partial charge on any atom is 0.410 e. The fourth-order valence-electron chi connectivity index (χ4n) is 4.27. The Bertz CT molecular complexity index is 819. The Morgan fingerprint density at radius 1 is 1.20 bits per heavy atom. The lowest BCUT2D eigenvalue weighted by atomic mass is 10.0. The summed E-state index contributed by atoms with van der Waals surface area (Å²) < 4.78 is 7.19. The van der Waals surface area contributed by atoms with E-state index in [0.717, 1.165) is 25.7 Å². The Morgan fingerprint density at radius 3 is 2.50 bits per heavy atom. The van der Waals surface area contributed by atoms with Crippen LogP contribution in [0.3, 0.4) is 0 Å². The van der Waals surface area contributed by atoms with Gasteiger partial charge in [-0.3, -0.25) is 9.69 Å². The second-order valence-corrected chi connectivity index (χ2v) is 9.50. The predicted molar refractivity (Wildman–Crippen MR) is 112 cm³/mol.